The Kier molecular flexibility index (Phi) is 6.35. The number of halogens is 2. The molecule has 3 N–H and O–H groups in total. The van der Waals surface area contributed by atoms with Gasteiger partial charge in [0.1, 0.15) is 18.4 Å². The van der Waals surface area contributed by atoms with Crippen molar-refractivity contribution in [2.75, 3.05) is 19.7 Å². The lowest BCUT2D eigenvalue weighted by Crippen LogP contribution is -2.59. The number of ether oxygens (including phenoxy) is 1. The van der Waals surface area contributed by atoms with Crippen LogP contribution >= 0.6 is 0 Å². The number of nitrogens with zero attached hydrogens (tertiary/aromatic N) is 1. The molecule has 0 bridgehead atoms. The molecule has 186 valence electrons. The molecule has 3 fully saturated rings. The van der Waals surface area contributed by atoms with Gasteiger partial charge < -0.3 is 20.5 Å². The predicted molar refractivity (Wildman–Crippen MR) is 124 cm³/mol. The number of carbonyl (C=O) groups is 2. The Labute approximate surface area is 202 Å². The van der Waals surface area contributed by atoms with E-state index in [1.807, 2.05) is 18.2 Å². The third-order valence-electron chi connectivity index (χ3n) is 7.85. The maximum Gasteiger partial charge on any atom is 0.418 e. The van der Waals surface area contributed by atoms with Gasteiger partial charge in [0, 0.05) is 6.54 Å². The highest BCUT2D eigenvalue weighted by molar-refractivity contribution is 5.93. The van der Waals surface area contributed by atoms with Crippen molar-refractivity contribution in [3.63, 3.8) is 0 Å². The Balaban J connectivity index is 1.31. The molecule has 5 rings (SSSR count). The van der Waals surface area contributed by atoms with E-state index in [0.29, 0.717) is 17.9 Å². The minimum Gasteiger partial charge on any atom is -0.508 e. The van der Waals surface area contributed by atoms with Gasteiger partial charge in [-0.1, -0.05) is 24.3 Å². The van der Waals surface area contributed by atoms with Crippen molar-refractivity contribution >= 4 is 12.1 Å². The molecule has 1 aliphatic carbocycles. The van der Waals surface area contributed by atoms with E-state index in [-0.39, 0.29) is 18.4 Å². The quantitative estimate of drug-likeness (QED) is 0.590. The summed E-state index contributed by atoms with van der Waals surface area (Å²) in [5.74, 6) is -1.26. The van der Waals surface area contributed by atoms with Crippen LogP contribution in [0.4, 0.5) is 18.4 Å². The number of para-hydroxylation sites is 1. The average molecular weight is 486 g/mol. The van der Waals surface area contributed by atoms with E-state index in [1.165, 1.54) is 6.07 Å². The van der Waals surface area contributed by atoms with Crippen LogP contribution < -0.4 is 10.6 Å². The van der Waals surface area contributed by atoms with Crippen LogP contribution in [0.3, 0.4) is 0 Å². The average Bonchev–Trinajstić information content (AvgIpc) is 3.49. The van der Waals surface area contributed by atoms with Gasteiger partial charge in [0.15, 0.2) is 11.6 Å². The Bertz CT molecular complexity index is 1110. The van der Waals surface area contributed by atoms with Gasteiger partial charge in [-0.3, -0.25) is 0 Å². The smallest absolute Gasteiger partial charge is 0.418 e. The molecule has 35 heavy (non-hydrogen) atoms. The van der Waals surface area contributed by atoms with Gasteiger partial charge in [-0.05, 0) is 79.8 Å². The number of hydrogen-bond acceptors (Lipinski definition) is 5. The Morgan fingerprint density at radius 2 is 1.89 bits per heavy atom. The van der Waals surface area contributed by atoms with E-state index >= 15 is 0 Å². The maximum absolute atomic E-state index is 13.8. The molecule has 2 aromatic carbocycles. The first-order valence-electron chi connectivity index (χ1n) is 12.1. The zero-order valence-electron chi connectivity index (χ0n) is 19.3. The fourth-order valence-corrected chi connectivity index (χ4v) is 5.94. The molecule has 7 nitrogen and oxygen atoms in total. The van der Waals surface area contributed by atoms with Crippen molar-refractivity contribution in [2.24, 2.45) is 5.92 Å². The molecule has 1 saturated carbocycles. The monoisotopic (exact) mass is 485 g/mol. The number of phenols is 1. The van der Waals surface area contributed by atoms with E-state index in [1.54, 1.807) is 6.07 Å². The highest BCUT2D eigenvalue weighted by Crippen LogP contribution is 2.44. The zero-order valence-corrected chi connectivity index (χ0v) is 19.3. The van der Waals surface area contributed by atoms with E-state index < -0.39 is 35.3 Å². The first kappa shape index (κ1) is 23.5. The summed E-state index contributed by atoms with van der Waals surface area (Å²) in [7, 11) is 0. The number of nitrogens with one attached hydrogen (secondary N) is 2. The summed E-state index contributed by atoms with van der Waals surface area (Å²) < 4.78 is 32.4. The Hall–Kier alpha value is -3.20. The summed E-state index contributed by atoms with van der Waals surface area (Å²) in [4.78, 5) is 26.9. The fourth-order valence-electron chi connectivity index (χ4n) is 5.94. The number of benzene rings is 2. The minimum atomic E-state index is -1.04. The van der Waals surface area contributed by atoms with Crippen LogP contribution in [0, 0.1) is 17.6 Å². The summed E-state index contributed by atoms with van der Waals surface area (Å²) in [5, 5.41) is 16.7. The minimum absolute atomic E-state index is 0.117. The molecule has 3 aliphatic rings. The molecule has 2 saturated heterocycles. The van der Waals surface area contributed by atoms with Crippen molar-refractivity contribution < 1.29 is 28.2 Å². The molecule has 0 aromatic heterocycles. The van der Waals surface area contributed by atoms with E-state index in [2.05, 4.69) is 10.6 Å². The highest BCUT2D eigenvalue weighted by Gasteiger charge is 2.47. The number of cyclic esters (lactones) is 1. The van der Waals surface area contributed by atoms with Crippen LogP contribution in [0.15, 0.2) is 42.5 Å². The molecular formula is C26H29F2N3O4. The number of rotatable bonds is 4. The highest BCUT2D eigenvalue weighted by atomic mass is 19.2. The second kappa shape index (κ2) is 9.45. The van der Waals surface area contributed by atoms with E-state index in [4.69, 9.17) is 4.74 Å². The molecule has 3 amide bonds. The number of hydrogen-bond donors (Lipinski definition) is 3. The van der Waals surface area contributed by atoms with Crippen molar-refractivity contribution in [1.29, 1.82) is 0 Å². The maximum atomic E-state index is 13.8. The number of aromatic hydroxyl groups is 1. The van der Waals surface area contributed by atoms with Crippen molar-refractivity contribution in [1.82, 2.24) is 15.5 Å². The summed E-state index contributed by atoms with van der Waals surface area (Å²) in [5.41, 5.74) is 0.733. The van der Waals surface area contributed by atoms with Gasteiger partial charge in [0.25, 0.3) is 0 Å². The Morgan fingerprint density at radius 1 is 1.11 bits per heavy atom. The van der Waals surface area contributed by atoms with Gasteiger partial charge >= 0.3 is 12.1 Å². The van der Waals surface area contributed by atoms with Crippen LogP contribution in [-0.4, -0.2) is 47.4 Å². The van der Waals surface area contributed by atoms with Crippen molar-refractivity contribution in [2.45, 2.75) is 49.6 Å². The molecule has 0 radical (unpaired) electrons. The van der Waals surface area contributed by atoms with Crippen molar-refractivity contribution in [3.8, 4) is 5.75 Å². The summed E-state index contributed by atoms with van der Waals surface area (Å²) >= 11 is 0. The lowest BCUT2D eigenvalue weighted by atomic mass is 9.69. The second-order valence-corrected chi connectivity index (χ2v) is 9.76. The summed E-state index contributed by atoms with van der Waals surface area (Å²) in [6.45, 7) is 1.22. The molecule has 2 aliphatic heterocycles. The Morgan fingerprint density at radius 3 is 2.57 bits per heavy atom. The molecule has 0 unspecified atom stereocenters. The second-order valence-electron chi connectivity index (χ2n) is 9.76. The first-order valence-corrected chi connectivity index (χ1v) is 12.1. The van der Waals surface area contributed by atoms with Gasteiger partial charge in [0.05, 0.1) is 5.54 Å². The predicted octanol–water partition coefficient (Wildman–Crippen LogP) is 4.58. The lowest BCUT2D eigenvalue weighted by molar-refractivity contribution is 0.138. The number of urea groups is 1. The standard InChI is InChI=1S/C26H29F2N3O4/c27-20-10-7-17(13-21(20)28)22-14-35-25(34)31(22)24(33)30-26(11-12-29-15-26)18-8-5-16(6-9-18)19-3-1-2-4-23(19)32/h1-4,7,10,13,16,18,22,29,32H,5-6,8-9,11-12,14-15H2,(H,30,33)/t16-,18-,22-,26+/m1/s1. The number of imide groups is 1. The zero-order chi connectivity index (χ0) is 24.6. The number of phenolic OH excluding ortho intramolecular Hbond substituents is 1. The van der Waals surface area contributed by atoms with Crippen LogP contribution in [0.25, 0.3) is 0 Å². The van der Waals surface area contributed by atoms with Crippen molar-refractivity contribution in [3.05, 3.63) is 65.2 Å². The van der Waals surface area contributed by atoms with Gasteiger partial charge in [-0.25, -0.2) is 23.3 Å². The van der Waals surface area contributed by atoms with E-state index in [9.17, 15) is 23.5 Å². The van der Waals surface area contributed by atoms with Crippen LogP contribution in [0.1, 0.15) is 55.2 Å². The molecule has 0 spiro atoms. The third-order valence-corrected chi connectivity index (χ3v) is 7.85. The molecule has 9 heteroatoms. The molecular weight excluding hydrogens is 456 g/mol. The molecule has 2 heterocycles. The van der Waals surface area contributed by atoms with Gasteiger partial charge in [-0.2, -0.15) is 0 Å². The van der Waals surface area contributed by atoms with Crippen LogP contribution in [0.5, 0.6) is 5.75 Å². The third kappa shape index (κ3) is 4.45. The number of carbonyl (C=O) groups excluding carboxylic acids is 2. The van der Waals surface area contributed by atoms with Gasteiger partial charge in [0.2, 0.25) is 0 Å². The largest absolute Gasteiger partial charge is 0.508 e. The SMILES string of the molecule is O=C(N[C@@]1([C@H]2CC[C@H](c3ccccc3O)CC2)CCNC1)N1C(=O)OC[C@@H]1c1ccc(F)c(F)c1. The normalized spacial score (nSPS) is 28.7. The topological polar surface area (TPSA) is 90.9 Å². The van der Waals surface area contributed by atoms with Gasteiger partial charge in [-0.15, -0.1) is 0 Å². The molecule has 2 atom stereocenters. The van der Waals surface area contributed by atoms with E-state index in [0.717, 1.165) is 61.2 Å². The number of amides is 3. The van der Waals surface area contributed by atoms with Crippen LogP contribution in [-0.2, 0) is 4.74 Å². The summed E-state index contributed by atoms with van der Waals surface area (Å²) in [6, 6.07) is 9.34. The summed E-state index contributed by atoms with van der Waals surface area (Å²) in [6.07, 6.45) is 3.45. The van der Waals surface area contributed by atoms with Crippen LogP contribution in [0.2, 0.25) is 0 Å². The first-order chi connectivity index (χ1) is 16.9. The fraction of sp³-hybridized carbons (Fsp3) is 0.462. The molecule has 2 aromatic rings. The lowest BCUT2D eigenvalue weighted by Gasteiger charge is -2.42.